The summed E-state index contributed by atoms with van der Waals surface area (Å²) in [6, 6.07) is 1.70. The highest BCUT2D eigenvalue weighted by atomic mass is 16.5. The Labute approximate surface area is 109 Å². The molecule has 0 bridgehead atoms. The third-order valence-electron chi connectivity index (χ3n) is 3.68. The van der Waals surface area contributed by atoms with E-state index < -0.39 is 5.97 Å². The van der Waals surface area contributed by atoms with Gasteiger partial charge >= 0.3 is 5.97 Å². The SMILES string of the molecule is N.O=C(O)c1cc(C2CC2)nc2onc(C3CC3)c12. The number of aromatic carboxylic acids is 1. The van der Waals surface area contributed by atoms with Crippen LogP contribution in [0.5, 0.6) is 0 Å². The van der Waals surface area contributed by atoms with Gasteiger partial charge in [-0.05, 0) is 31.7 Å². The van der Waals surface area contributed by atoms with Gasteiger partial charge in [0.15, 0.2) is 0 Å². The molecule has 2 aromatic rings. The van der Waals surface area contributed by atoms with Crippen molar-refractivity contribution in [3.05, 3.63) is 23.0 Å². The Balaban J connectivity index is 0.00000110. The van der Waals surface area contributed by atoms with Crippen molar-refractivity contribution in [3.63, 3.8) is 0 Å². The average molecular weight is 261 g/mol. The number of hydrogen-bond acceptors (Lipinski definition) is 5. The molecule has 2 aliphatic rings. The summed E-state index contributed by atoms with van der Waals surface area (Å²) in [4.78, 5) is 15.8. The zero-order valence-electron chi connectivity index (χ0n) is 10.4. The number of nitrogens with zero attached hydrogens (tertiary/aromatic N) is 2. The molecule has 0 saturated heterocycles. The lowest BCUT2D eigenvalue weighted by molar-refractivity contribution is 0.0698. The molecule has 6 heteroatoms. The van der Waals surface area contributed by atoms with Gasteiger partial charge in [0.2, 0.25) is 0 Å². The maximum Gasteiger partial charge on any atom is 0.336 e. The first kappa shape index (κ1) is 12.1. The van der Waals surface area contributed by atoms with E-state index in [9.17, 15) is 9.90 Å². The van der Waals surface area contributed by atoms with Crippen LogP contribution in [0.25, 0.3) is 11.1 Å². The second-order valence-electron chi connectivity index (χ2n) is 5.20. The first-order valence-corrected chi connectivity index (χ1v) is 6.27. The van der Waals surface area contributed by atoms with Gasteiger partial charge in [0, 0.05) is 17.5 Å². The minimum Gasteiger partial charge on any atom is -0.478 e. The fourth-order valence-electron chi connectivity index (χ4n) is 2.38. The van der Waals surface area contributed by atoms with Crippen LogP contribution in [-0.4, -0.2) is 21.2 Å². The van der Waals surface area contributed by atoms with E-state index >= 15 is 0 Å². The molecule has 6 nitrogen and oxygen atoms in total. The third-order valence-corrected chi connectivity index (χ3v) is 3.68. The summed E-state index contributed by atoms with van der Waals surface area (Å²) in [5, 5.41) is 14.0. The lowest BCUT2D eigenvalue weighted by Crippen LogP contribution is -2.01. The van der Waals surface area contributed by atoms with E-state index in [4.69, 9.17) is 4.52 Å². The van der Waals surface area contributed by atoms with E-state index in [-0.39, 0.29) is 6.15 Å². The minimum atomic E-state index is -0.922. The Morgan fingerprint density at radius 3 is 2.53 bits per heavy atom. The molecule has 0 aliphatic heterocycles. The molecule has 100 valence electrons. The second-order valence-corrected chi connectivity index (χ2v) is 5.20. The van der Waals surface area contributed by atoms with E-state index in [2.05, 4.69) is 10.1 Å². The molecular formula is C13H15N3O3. The van der Waals surface area contributed by atoms with Crippen LogP contribution in [0.2, 0.25) is 0 Å². The highest BCUT2D eigenvalue weighted by Crippen LogP contribution is 2.45. The molecule has 2 fully saturated rings. The summed E-state index contributed by atoms with van der Waals surface area (Å²) >= 11 is 0. The lowest BCUT2D eigenvalue weighted by Gasteiger charge is -2.01. The Morgan fingerprint density at radius 2 is 1.95 bits per heavy atom. The number of carboxylic acid groups (broad SMARTS) is 1. The first-order valence-electron chi connectivity index (χ1n) is 6.27. The van der Waals surface area contributed by atoms with Crippen molar-refractivity contribution in [2.24, 2.45) is 0 Å². The molecule has 2 aliphatic carbocycles. The fourth-order valence-corrected chi connectivity index (χ4v) is 2.38. The van der Waals surface area contributed by atoms with Crippen LogP contribution >= 0.6 is 0 Å². The molecule has 19 heavy (non-hydrogen) atoms. The molecule has 4 rings (SSSR count). The minimum absolute atomic E-state index is 0. The summed E-state index contributed by atoms with van der Waals surface area (Å²) in [5.74, 6) is -0.158. The molecule has 0 atom stereocenters. The number of carboxylic acids is 1. The largest absolute Gasteiger partial charge is 0.478 e. The molecule has 0 aromatic carbocycles. The third kappa shape index (κ3) is 1.88. The van der Waals surface area contributed by atoms with Crippen molar-refractivity contribution in [2.75, 3.05) is 0 Å². The van der Waals surface area contributed by atoms with Gasteiger partial charge in [-0.25, -0.2) is 9.78 Å². The number of aromatic nitrogens is 2. The van der Waals surface area contributed by atoms with Crippen LogP contribution in [0.1, 0.15) is 59.3 Å². The fraction of sp³-hybridized carbons (Fsp3) is 0.462. The summed E-state index contributed by atoms with van der Waals surface area (Å²) in [5.41, 5.74) is 2.29. The topological polar surface area (TPSA) is 111 Å². The molecule has 4 N–H and O–H groups in total. The van der Waals surface area contributed by atoms with E-state index in [0.29, 0.717) is 28.5 Å². The van der Waals surface area contributed by atoms with E-state index in [1.165, 1.54) is 0 Å². The van der Waals surface area contributed by atoms with Crippen LogP contribution < -0.4 is 6.15 Å². The monoisotopic (exact) mass is 261 g/mol. The van der Waals surface area contributed by atoms with Gasteiger partial charge in [-0.15, -0.1) is 0 Å². The molecule has 0 amide bonds. The predicted molar refractivity (Wildman–Crippen MR) is 67.7 cm³/mol. The quantitative estimate of drug-likeness (QED) is 0.878. The zero-order chi connectivity index (χ0) is 12.3. The summed E-state index contributed by atoms with van der Waals surface area (Å²) in [6.07, 6.45) is 4.29. The Kier molecular flexibility index (Phi) is 2.56. The van der Waals surface area contributed by atoms with Crippen molar-refractivity contribution in [1.82, 2.24) is 16.3 Å². The number of fused-ring (bicyclic) bond motifs is 1. The van der Waals surface area contributed by atoms with Crippen molar-refractivity contribution in [3.8, 4) is 0 Å². The summed E-state index contributed by atoms with van der Waals surface area (Å²) in [6.45, 7) is 0. The van der Waals surface area contributed by atoms with E-state index in [0.717, 1.165) is 37.1 Å². The molecule has 0 radical (unpaired) electrons. The van der Waals surface area contributed by atoms with E-state index in [1.807, 2.05) is 0 Å². The van der Waals surface area contributed by atoms with Gasteiger partial charge in [-0.1, -0.05) is 5.16 Å². The normalized spacial score (nSPS) is 18.3. The predicted octanol–water partition coefficient (Wildman–Crippen LogP) is 2.84. The maximum absolute atomic E-state index is 11.4. The highest BCUT2D eigenvalue weighted by Gasteiger charge is 2.33. The summed E-state index contributed by atoms with van der Waals surface area (Å²) < 4.78 is 5.24. The lowest BCUT2D eigenvalue weighted by atomic mass is 10.1. The molecule has 2 heterocycles. The second kappa shape index (κ2) is 4.03. The first-order chi connectivity index (χ1) is 8.74. The van der Waals surface area contributed by atoms with Gasteiger partial charge in [0.1, 0.15) is 0 Å². The molecule has 0 unspecified atom stereocenters. The number of pyridine rings is 1. The van der Waals surface area contributed by atoms with Crippen LogP contribution in [0.4, 0.5) is 0 Å². The smallest absolute Gasteiger partial charge is 0.336 e. The highest BCUT2D eigenvalue weighted by molar-refractivity contribution is 6.02. The van der Waals surface area contributed by atoms with Crippen LogP contribution in [0.3, 0.4) is 0 Å². The van der Waals surface area contributed by atoms with Gasteiger partial charge in [-0.2, -0.15) is 0 Å². The molecule has 2 aromatic heterocycles. The standard InChI is InChI=1S/C13H12N2O3.H3N/c16-13(17)8-5-9(6-1-2-6)14-12-10(8)11(15-18-12)7-3-4-7;/h5-7H,1-4H2,(H,16,17);1H3. The van der Waals surface area contributed by atoms with Gasteiger partial charge in [-0.3, -0.25) is 0 Å². The van der Waals surface area contributed by atoms with Gasteiger partial charge in [0.25, 0.3) is 5.71 Å². The number of hydrogen-bond donors (Lipinski definition) is 2. The van der Waals surface area contributed by atoms with Crippen molar-refractivity contribution in [2.45, 2.75) is 37.5 Å². The van der Waals surface area contributed by atoms with Crippen LogP contribution in [-0.2, 0) is 0 Å². The molecule has 0 spiro atoms. The van der Waals surface area contributed by atoms with E-state index in [1.54, 1.807) is 6.07 Å². The Bertz CT molecular complexity index is 656. The van der Waals surface area contributed by atoms with Crippen LogP contribution in [0, 0.1) is 0 Å². The van der Waals surface area contributed by atoms with Crippen LogP contribution in [0.15, 0.2) is 10.6 Å². The van der Waals surface area contributed by atoms with Gasteiger partial charge < -0.3 is 15.8 Å². The number of rotatable bonds is 3. The molecular weight excluding hydrogens is 246 g/mol. The Hall–Kier alpha value is -1.95. The van der Waals surface area contributed by atoms with Gasteiger partial charge in [0.05, 0.1) is 16.6 Å². The summed E-state index contributed by atoms with van der Waals surface area (Å²) in [7, 11) is 0. The average Bonchev–Trinajstić information content (AvgIpc) is 3.24. The van der Waals surface area contributed by atoms with Crippen molar-refractivity contribution < 1.29 is 14.4 Å². The maximum atomic E-state index is 11.4. The molecule has 2 saturated carbocycles. The Morgan fingerprint density at radius 1 is 1.26 bits per heavy atom. The zero-order valence-corrected chi connectivity index (χ0v) is 10.4. The number of carbonyl (C=O) groups is 1. The van der Waals surface area contributed by atoms with Crippen molar-refractivity contribution in [1.29, 1.82) is 0 Å². The van der Waals surface area contributed by atoms with Crippen molar-refractivity contribution >= 4 is 17.1 Å².